The number of hydrogen-bond acceptors (Lipinski definition) is 4. The van der Waals surface area contributed by atoms with Crippen molar-refractivity contribution >= 4 is 23.3 Å². The summed E-state index contributed by atoms with van der Waals surface area (Å²) in [7, 11) is 0. The summed E-state index contributed by atoms with van der Waals surface area (Å²) in [6.07, 6.45) is 0. The lowest BCUT2D eigenvalue weighted by molar-refractivity contribution is -0.991. The Morgan fingerprint density at radius 1 is 1.21 bits per heavy atom. The molecule has 0 fully saturated rings. The Morgan fingerprint density at radius 3 is 2.53 bits per heavy atom. The number of halogens is 1. The minimum atomic E-state index is -1.21. The maximum Gasteiger partial charge on any atom is 0.343 e. The SMILES string of the molecule is O=C(Oc1ccc(Cl)cc1[NH+]([O-])O)c1ccccc1. The van der Waals surface area contributed by atoms with E-state index in [2.05, 4.69) is 0 Å². The van der Waals surface area contributed by atoms with Gasteiger partial charge in [0, 0.05) is 11.1 Å². The van der Waals surface area contributed by atoms with Gasteiger partial charge in [-0.1, -0.05) is 29.8 Å². The fourth-order valence-corrected chi connectivity index (χ4v) is 1.66. The second kappa shape index (κ2) is 5.81. The van der Waals surface area contributed by atoms with Crippen LogP contribution >= 0.6 is 11.6 Å². The molecule has 2 N–H and O–H groups in total. The average Bonchev–Trinajstić information content (AvgIpc) is 2.41. The number of rotatable bonds is 3. The molecule has 2 rings (SSSR count). The number of carbonyl (C=O) groups excluding carboxylic acids is 1. The summed E-state index contributed by atoms with van der Waals surface area (Å²) < 4.78 is 5.07. The zero-order valence-corrected chi connectivity index (χ0v) is 10.4. The second-order valence-electron chi connectivity index (χ2n) is 3.70. The predicted octanol–water partition coefficient (Wildman–Crippen LogP) is 1.96. The van der Waals surface area contributed by atoms with Crippen LogP contribution in [0.2, 0.25) is 5.02 Å². The first kappa shape index (κ1) is 13.5. The molecule has 6 heteroatoms. The largest absolute Gasteiger partial charge is 0.595 e. The molecule has 0 bridgehead atoms. The number of nitrogens with one attached hydrogen (secondary N) is 1. The monoisotopic (exact) mass is 279 g/mol. The van der Waals surface area contributed by atoms with Crippen LogP contribution in [0.15, 0.2) is 48.5 Å². The van der Waals surface area contributed by atoms with Crippen molar-refractivity contribution in [2.24, 2.45) is 0 Å². The molecule has 0 heterocycles. The minimum absolute atomic E-state index is 0.0363. The van der Waals surface area contributed by atoms with Gasteiger partial charge in [-0.05, 0) is 24.3 Å². The Hall–Kier alpha value is -1.92. The molecular formula is C13H10ClNO4. The van der Waals surface area contributed by atoms with Crippen molar-refractivity contribution < 1.29 is 20.0 Å². The van der Waals surface area contributed by atoms with Crippen LogP contribution < -0.4 is 9.96 Å². The van der Waals surface area contributed by atoms with Gasteiger partial charge in [0.2, 0.25) is 5.69 Å². The van der Waals surface area contributed by atoms with E-state index in [1.165, 1.54) is 18.2 Å². The standard InChI is InChI=1S/C13H10ClNO4/c14-10-6-7-12(11(8-10)15(17)18)19-13(16)9-4-2-1-3-5-9/h1-8,15,17H. The minimum Gasteiger partial charge on any atom is -0.595 e. The fourth-order valence-electron chi connectivity index (χ4n) is 1.49. The van der Waals surface area contributed by atoms with Crippen molar-refractivity contribution in [2.45, 2.75) is 0 Å². The van der Waals surface area contributed by atoms with E-state index >= 15 is 0 Å². The quantitative estimate of drug-likeness (QED) is 0.512. The third kappa shape index (κ3) is 3.30. The molecular weight excluding hydrogens is 270 g/mol. The molecule has 0 saturated heterocycles. The molecule has 1 unspecified atom stereocenters. The molecule has 0 aliphatic rings. The van der Waals surface area contributed by atoms with Crippen molar-refractivity contribution in [3.05, 3.63) is 64.3 Å². The Kier molecular flexibility index (Phi) is 4.13. The lowest BCUT2D eigenvalue weighted by atomic mass is 10.2. The smallest absolute Gasteiger partial charge is 0.343 e. The maximum absolute atomic E-state index is 11.8. The summed E-state index contributed by atoms with van der Waals surface area (Å²) in [5.74, 6) is -0.656. The van der Waals surface area contributed by atoms with Crippen LogP contribution in [0.3, 0.4) is 0 Å². The van der Waals surface area contributed by atoms with Crippen molar-refractivity contribution in [3.63, 3.8) is 0 Å². The topological polar surface area (TPSA) is 74.0 Å². The van der Waals surface area contributed by atoms with E-state index in [9.17, 15) is 10.0 Å². The van der Waals surface area contributed by atoms with Gasteiger partial charge in [0.1, 0.15) is 0 Å². The maximum atomic E-state index is 11.8. The van der Waals surface area contributed by atoms with Gasteiger partial charge in [-0.3, -0.25) is 0 Å². The summed E-state index contributed by atoms with van der Waals surface area (Å²) in [6, 6.07) is 12.4. The molecule has 0 aliphatic heterocycles. The third-order valence-electron chi connectivity index (χ3n) is 2.38. The first-order valence-corrected chi connectivity index (χ1v) is 5.76. The van der Waals surface area contributed by atoms with Gasteiger partial charge in [0.05, 0.1) is 5.56 Å². The van der Waals surface area contributed by atoms with Gasteiger partial charge in [-0.25, -0.2) is 10.0 Å². The van der Waals surface area contributed by atoms with Crippen LogP contribution in [0, 0.1) is 5.21 Å². The summed E-state index contributed by atoms with van der Waals surface area (Å²) in [4.78, 5) is 11.8. The molecule has 98 valence electrons. The van der Waals surface area contributed by atoms with Crippen LogP contribution in [-0.2, 0) is 0 Å². The zero-order valence-electron chi connectivity index (χ0n) is 9.67. The predicted molar refractivity (Wildman–Crippen MR) is 68.6 cm³/mol. The van der Waals surface area contributed by atoms with E-state index in [1.807, 2.05) is 0 Å². The summed E-state index contributed by atoms with van der Waals surface area (Å²) in [6.45, 7) is 0. The van der Waals surface area contributed by atoms with Crippen molar-refractivity contribution in [2.75, 3.05) is 0 Å². The molecule has 0 saturated carbocycles. The first-order valence-electron chi connectivity index (χ1n) is 5.38. The van der Waals surface area contributed by atoms with Crippen molar-refractivity contribution in [3.8, 4) is 5.75 Å². The molecule has 0 aliphatic carbocycles. The van der Waals surface area contributed by atoms with Gasteiger partial charge in [0.15, 0.2) is 5.75 Å². The number of carbonyl (C=O) groups is 1. The highest BCUT2D eigenvalue weighted by atomic mass is 35.5. The number of hydrogen-bond donors (Lipinski definition) is 2. The number of esters is 1. The van der Waals surface area contributed by atoms with Crippen LogP contribution in [0.25, 0.3) is 0 Å². The van der Waals surface area contributed by atoms with Gasteiger partial charge in [-0.15, -0.1) is 0 Å². The van der Waals surface area contributed by atoms with E-state index in [-0.39, 0.29) is 16.5 Å². The number of ether oxygens (including phenoxy) is 1. The molecule has 19 heavy (non-hydrogen) atoms. The second-order valence-corrected chi connectivity index (χ2v) is 4.14. The molecule has 0 spiro atoms. The van der Waals surface area contributed by atoms with Crippen molar-refractivity contribution in [1.82, 2.24) is 0 Å². The van der Waals surface area contributed by atoms with E-state index < -0.39 is 11.2 Å². The lowest BCUT2D eigenvalue weighted by Crippen LogP contribution is -2.99. The third-order valence-corrected chi connectivity index (χ3v) is 2.62. The molecule has 2 aromatic rings. The van der Waals surface area contributed by atoms with Gasteiger partial charge >= 0.3 is 5.97 Å². The van der Waals surface area contributed by atoms with Gasteiger partial charge < -0.3 is 9.94 Å². The van der Waals surface area contributed by atoms with Crippen LogP contribution in [0.5, 0.6) is 5.75 Å². The average molecular weight is 280 g/mol. The molecule has 1 atom stereocenters. The van der Waals surface area contributed by atoms with Gasteiger partial charge in [-0.2, -0.15) is 5.23 Å². The Labute approximate surface area is 114 Å². The molecule has 0 amide bonds. The van der Waals surface area contributed by atoms with E-state index in [0.29, 0.717) is 5.56 Å². The first-order chi connectivity index (χ1) is 9.08. The van der Waals surface area contributed by atoms with Crippen LogP contribution in [-0.4, -0.2) is 11.2 Å². The molecule has 5 nitrogen and oxygen atoms in total. The van der Waals surface area contributed by atoms with E-state index in [1.54, 1.807) is 30.3 Å². The summed E-state index contributed by atoms with van der Waals surface area (Å²) >= 11 is 5.71. The molecule has 0 radical (unpaired) electrons. The highest BCUT2D eigenvalue weighted by Crippen LogP contribution is 2.25. The van der Waals surface area contributed by atoms with Crippen LogP contribution in [0.1, 0.15) is 10.4 Å². The van der Waals surface area contributed by atoms with E-state index in [0.717, 1.165) is 0 Å². The summed E-state index contributed by atoms with van der Waals surface area (Å²) in [5.41, 5.74) is 0.186. The highest BCUT2D eigenvalue weighted by molar-refractivity contribution is 6.30. The van der Waals surface area contributed by atoms with Crippen molar-refractivity contribution in [1.29, 1.82) is 0 Å². The highest BCUT2D eigenvalue weighted by Gasteiger charge is 2.16. The molecule has 0 aromatic heterocycles. The number of benzene rings is 2. The zero-order chi connectivity index (χ0) is 13.8. The normalized spacial score (nSPS) is 11.9. The summed E-state index contributed by atoms with van der Waals surface area (Å²) in [5, 5.41) is 19.1. The Morgan fingerprint density at radius 2 is 1.89 bits per heavy atom. The van der Waals surface area contributed by atoms with E-state index in [4.69, 9.17) is 21.5 Å². The molecule has 2 aromatic carbocycles. The lowest BCUT2D eigenvalue weighted by Gasteiger charge is -2.15. The van der Waals surface area contributed by atoms with Gasteiger partial charge in [0.25, 0.3) is 0 Å². The van der Waals surface area contributed by atoms with Crippen LogP contribution in [0.4, 0.5) is 5.69 Å². The number of quaternary nitrogens is 1. The Balaban J connectivity index is 2.27. The Bertz CT molecular complexity index is 586. The fraction of sp³-hybridized carbons (Fsp3) is 0.